The Labute approximate surface area is 90.5 Å². The molecule has 0 amide bonds. The molecule has 3 nitrogen and oxygen atoms in total. The van der Waals surface area contributed by atoms with Gasteiger partial charge < -0.3 is 5.73 Å². The molecular weight excluding hydrogens is 224 g/mol. The second-order valence-corrected chi connectivity index (χ2v) is 3.11. The number of hydrogen-bond donors (Lipinski definition) is 1. The van der Waals surface area contributed by atoms with Crippen LogP contribution in [0.15, 0.2) is 6.07 Å². The molecule has 0 aliphatic carbocycles. The zero-order chi connectivity index (χ0) is 11.4. The molecule has 1 rings (SSSR count). The first-order valence-corrected chi connectivity index (χ1v) is 4.62. The van der Waals surface area contributed by atoms with Gasteiger partial charge >= 0.3 is 0 Å². The van der Waals surface area contributed by atoms with Crippen LogP contribution in [0.4, 0.5) is 14.6 Å². The van der Waals surface area contributed by atoms with Crippen LogP contribution >= 0.6 is 11.6 Å². The molecule has 15 heavy (non-hydrogen) atoms. The lowest BCUT2D eigenvalue weighted by molar-refractivity contribution is 0.145. The fourth-order valence-corrected chi connectivity index (χ4v) is 1.37. The molecule has 6 heteroatoms. The summed E-state index contributed by atoms with van der Waals surface area (Å²) in [6.45, 7) is 0. The van der Waals surface area contributed by atoms with E-state index in [2.05, 4.69) is 4.98 Å². The summed E-state index contributed by atoms with van der Waals surface area (Å²) in [5, 5.41) is 8.47. The number of anilines is 1. The van der Waals surface area contributed by atoms with Crippen molar-refractivity contribution in [2.75, 3.05) is 5.73 Å². The van der Waals surface area contributed by atoms with E-state index in [-0.39, 0.29) is 23.7 Å². The topological polar surface area (TPSA) is 62.7 Å². The number of nitrogen functional groups attached to an aromatic ring is 1. The Morgan fingerprint density at radius 3 is 2.67 bits per heavy atom. The Balaban J connectivity index is 3.26. The van der Waals surface area contributed by atoms with Gasteiger partial charge in [0.05, 0.1) is 18.4 Å². The van der Waals surface area contributed by atoms with Gasteiger partial charge in [-0.15, -0.1) is 11.6 Å². The van der Waals surface area contributed by atoms with Crippen molar-refractivity contribution in [1.82, 2.24) is 4.98 Å². The molecule has 0 saturated heterocycles. The largest absolute Gasteiger partial charge is 0.383 e. The number of nitrogens with two attached hydrogens (primary N) is 1. The Morgan fingerprint density at radius 1 is 1.53 bits per heavy atom. The molecule has 0 spiro atoms. The van der Waals surface area contributed by atoms with Gasteiger partial charge in [-0.05, 0) is 11.6 Å². The quantitative estimate of drug-likeness (QED) is 0.813. The molecule has 0 aliphatic heterocycles. The van der Waals surface area contributed by atoms with E-state index in [1.165, 1.54) is 6.07 Å². The summed E-state index contributed by atoms with van der Waals surface area (Å²) in [7, 11) is 0. The van der Waals surface area contributed by atoms with Crippen molar-refractivity contribution < 1.29 is 8.78 Å². The fraction of sp³-hybridized carbons (Fsp3) is 0.333. The van der Waals surface area contributed by atoms with Crippen molar-refractivity contribution in [3.8, 4) is 6.07 Å². The van der Waals surface area contributed by atoms with Gasteiger partial charge in [-0.1, -0.05) is 0 Å². The van der Waals surface area contributed by atoms with Crippen molar-refractivity contribution in [3.05, 3.63) is 22.9 Å². The molecule has 0 bridgehead atoms. The molecule has 0 unspecified atom stereocenters. The van der Waals surface area contributed by atoms with Gasteiger partial charge in [-0.3, -0.25) is 0 Å². The monoisotopic (exact) mass is 231 g/mol. The predicted molar refractivity (Wildman–Crippen MR) is 52.5 cm³/mol. The van der Waals surface area contributed by atoms with Crippen LogP contribution in [0.3, 0.4) is 0 Å². The van der Waals surface area contributed by atoms with Crippen molar-refractivity contribution in [3.63, 3.8) is 0 Å². The highest BCUT2D eigenvalue weighted by Gasteiger charge is 2.17. The van der Waals surface area contributed by atoms with Gasteiger partial charge in [0.15, 0.2) is 0 Å². The molecule has 0 radical (unpaired) electrons. The van der Waals surface area contributed by atoms with E-state index in [0.717, 1.165) is 0 Å². The molecule has 1 aromatic heterocycles. The number of halogens is 3. The lowest BCUT2D eigenvalue weighted by Gasteiger charge is -2.09. The molecule has 1 aromatic rings. The first kappa shape index (κ1) is 11.7. The normalized spacial score (nSPS) is 10.3. The molecule has 0 fully saturated rings. The van der Waals surface area contributed by atoms with Gasteiger partial charge in [0, 0.05) is 5.56 Å². The number of alkyl halides is 3. The Hall–Kier alpha value is -1.41. The van der Waals surface area contributed by atoms with E-state index < -0.39 is 12.1 Å². The van der Waals surface area contributed by atoms with Crippen LogP contribution in [0.2, 0.25) is 0 Å². The maximum atomic E-state index is 12.5. The Kier molecular flexibility index (Phi) is 3.81. The highest BCUT2D eigenvalue weighted by atomic mass is 35.5. The lowest BCUT2D eigenvalue weighted by atomic mass is 10.1. The summed E-state index contributed by atoms with van der Waals surface area (Å²) in [5.41, 5.74) is 5.62. The summed E-state index contributed by atoms with van der Waals surface area (Å²) < 4.78 is 25.0. The van der Waals surface area contributed by atoms with Crippen LogP contribution in [0.1, 0.15) is 23.2 Å². The van der Waals surface area contributed by atoms with Crippen molar-refractivity contribution >= 4 is 17.4 Å². The summed E-state index contributed by atoms with van der Waals surface area (Å²) >= 11 is 5.55. The van der Waals surface area contributed by atoms with Gasteiger partial charge in [-0.2, -0.15) is 5.26 Å². The lowest BCUT2D eigenvalue weighted by Crippen LogP contribution is -2.05. The number of pyridine rings is 1. The molecule has 1 heterocycles. The van der Waals surface area contributed by atoms with Crippen LogP contribution in [0.25, 0.3) is 0 Å². The molecule has 2 N–H and O–H groups in total. The maximum absolute atomic E-state index is 12.5. The third-order valence-electron chi connectivity index (χ3n) is 1.87. The number of aromatic nitrogens is 1. The van der Waals surface area contributed by atoms with Crippen molar-refractivity contribution in [2.45, 2.75) is 18.7 Å². The molecule has 80 valence electrons. The van der Waals surface area contributed by atoms with Crippen LogP contribution in [-0.2, 0) is 12.3 Å². The molecular formula is C9H8ClF2N3. The minimum Gasteiger partial charge on any atom is -0.383 e. The second kappa shape index (κ2) is 4.89. The number of nitriles is 1. The van der Waals surface area contributed by atoms with E-state index in [9.17, 15) is 8.78 Å². The molecule has 0 saturated carbocycles. The summed E-state index contributed by atoms with van der Waals surface area (Å²) in [6, 6.07) is 3.20. The fourth-order valence-electron chi connectivity index (χ4n) is 1.15. The van der Waals surface area contributed by atoms with E-state index >= 15 is 0 Å². The molecule has 0 aromatic carbocycles. The minimum absolute atomic E-state index is 0.0120. The summed E-state index contributed by atoms with van der Waals surface area (Å²) in [4.78, 5) is 3.55. The molecule has 0 aliphatic rings. The van der Waals surface area contributed by atoms with E-state index in [1.54, 1.807) is 6.07 Å². The third kappa shape index (κ3) is 2.54. The van der Waals surface area contributed by atoms with E-state index in [1.807, 2.05) is 0 Å². The SMILES string of the molecule is N#CCc1cc(CCl)c(N)nc1C(F)F. The van der Waals surface area contributed by atoms with Gasteiger partial charge in [-0.25, -0.2) is 13.8 Å². The van der Waals surface area contributed by atoms with Gasteiger partial charge in [0.2, 0.25) is 0 Å². The summed E-state index contributed by atoms with van der Waals surface area (Å²) in [6.07, 6.45) is -2.86. The highest BCUT2D eigenvalue weighted by molar-refractivity contribution is 6.17. The van der Waals surface area contributed by atoms with Crippen LogP contribution in [0.5, 0.6) is 0 Å². The maximum Gasteiger partial charge on any atom is 0.280 e. The zero-order valence-corrected chi connectivity index (χ0v) is 8.43. The van der Waals surface area contributed by atoms with Gasteiger partial charge in [0.1, 0.15) is 11.5 Å². The van der Waals surface area contributed by atoms with Crippen molar-refractivity contribution in [2.24, 2.45) is 0 Å². The number of rotatable bonds is 3. The first-order valence-electron chi connectivity index (χ1n) is 4.09. The van der Waals surface area contributed by atoms with E-state index in [4.69, 9.17) is 22.6 Å². The van der Waals surface area contributed by atoms with Crippen LogP contribution in [0, 0.1) is 11.3 Å². The predicted octanol–water partition coefficient (Wildman–Crippen LogP) is 2.41. The first-order chi connectivity index (χ1) is 7.10. The smallest absolute Gasteiger partial charge is 0.280 e. The number of hydrogen-bond acceptors (Lipinski definition) is 3. The van der Waals surface area contributed by atoms with E-state index in [0.29, 0.717) is 5.56 Å². The molecule has 0 atom stereocenters. The third-order valence-corrected chi connectivity index (χ3v) is 2.16. The zero-order valence-electron chi connectivity index (χ0n) is 7.67. The average Bonchev–Trinajstić information content (AvgIpc) is 2.20. The Bertz CT molecular complexity index is 401. The minimum atomic E-state index is -2.74. The van der Waals surface area contributed by atoms with Crippen LogP contribution < -0.4 is 5.73 Å². The second-order valence-electron chi connectivity index (χ2n) is 2.85. The van der Waals surface area contributed by atoms with Crippen LogP contribution in [-0.4, -0.2) is 4.98 Å². The summed E-state index contributed by atoms with van der Waals surface area (Å²) in [5.74, 6) is 0.0721. The van der Waals surface area contributed by atoms with Gasteiger partial charge in [0.25, 0.3) is 6.43 Å². The highest BCUT2D eigenvalue weighted by Crippen LogP contribution is 2.25. The Morgan fingerprint density at radius 2 is 2.20 bits per heavy atom. The standard InChI is InChI=1S/C9H8ClF2N3/c10-4-6-3-5(1-2-13)7(8(11)12)15-9(6)14/h3,8H,1,4H2,(H2,14,15). The number of nitrogens with zero attached hydrogens (tertiary/aromatic N) is 2. The average molecular weight is 232 g/mol. The van der Waals surface area contributed by atoms with Crippen molar-refractivity contribution in [1.29, 1.82) is 5.26 Å².